The lowest BCUT2D eigenvalue weighted by Gasteiger charge is -2.38. The summed E-state index contributed by atoms with van der Waals surface area (Å²) in [6.07, 6.45) is -0.108. The summed E-state index contributed by atoms with van der Waals surface area (Å²) < 4.78 is 5.82. The van der Waals surface area contributed by atoms with E-state index in [1.54, 1.807) is 0 Å². The Balaban J connectivity index is 1.77. The van der Waals surface area contributed by atoms with Gasteiger partial charge in [0.05, 0.1) is 12.5 Å². The van der Waals surface area contributed by atoms with Crippen molar-refractivity contribution >= 4 is 34.6 Å². The molecule has 1 aromatic rings. The number of alkyl halides is 1. The molecule has 1 heterocycles. The van der Waals surface area contributed by atoms with Gasteiger partial charge < -0.3 is 4.74 Å². The molecule has 1 N–H and O–H groups in total. The Kier molecular flexibility index (Phi) is 4.40. The Morgan fingerprint density at radius 3 is 2.78 bits per heavy atom. The van der Waals surface area contributed by atoms with Crippen LogP contribution in [0.4, 0.5) is 4.79 Å². The summed E-state index contributed by atoms with van der Waals surface area (Å²) in [4.78, 5) is 22.8. The summed E-state index contributed by atoms with van der Waals surface area (Å²) in [5.41, 5.74) is 3.37. The summed E-state index contributed by atoms with van der Waals surface area (Å²) in [7, 11) is 0. The summed E-state index contributed by atoms with van der Waals surface area (Å²) >= 11 is 2.18. The number of amides is 2. The minimum Gasteiger partial charge on any atom is -0.443 e. The molecule has 2 rings (SSSR count). The van der Waals surface area contributed by atoms with Gasteiger partial charge in [-0.2, -0.15) is 0 Å². The molecule has 5 nitrogen and oxygen atoms in total. The first kappa shape index (κ1) is 13.1. The third kappa shape index (κ3) is 3.12. The number of carbonyl (C=O) groups is 2. The van der Waals surface area contributed by atoms with Crippen LogP contribution in [-0.2, 0) is 16.1 Å². The maximum atomic E-state index is 11.5. The van der Waals surface area contributed by atoms with Crippen LogP contribution in [0.2, 0.25) is 0 Å². The van der Waals surface area contributed by atoms with Gasteiger partial charge in [0.2, 0.25) is 5.91 Å². The van der Waals surface area contributed by atoms with E-state index in [9.17, 15) is 9.59 Å². The van der Waals surface area contributed by atoms with Gasteiger partial charge in [0.25, 0.3) is 0 Å². The Morgan fingerprint density at radius 2 is 2.17 bits per heavy atom. The van der Waals surface area contributed by atoms with Crippen LogP contribution in [0.25, 0.3) is 0 Å². The van der Waals surface area contributed by atoms with E-state index in [1.165, 1.54) is 5.01 Å². The predicted octanol–water partition coefficient (Wildman–Crippen LogP) is 1.86. The van der Waals surface area contributed by atoms with Crippen molar-refractivity contribution in [1.82, 2.24) is 10.4 Å². The van der Waals surface area contributed by atoms with Gasteiger partial charge in [-0.05, 0) is 5.56 Å². The topological polar surface area (TPSA) is 58.6 Å². The number of halogens is 1. The summed E-state index contributed by atoms with van der Waals surface area (Å²) in [6.45, 7) is 0.198. The Hall–Kier alpha value is -1.31. The average Bonchev–Trinajstić information content (AvgIpc) is 2.41. The van der Waals surface area contributed by atoms with Crippen molar-refractivity contribution < 1.29 is 14.3 Å². The van der Waals surface area contributed by atoms with E-state index in [-0.39, 0.29) is 18.6 Å². The second kappa shape index (κ2) is 6.03. The highest BCUT2D eigenvalue weighted by Crippen LogP contribution is 2.18. The molecule has 0 bridgehead atoms. The van der Waals surface area contributed by atoms with E-state index in [2.05, 4.69) is 28.0 Å². The molecule has 1 saturated heterocycles. The zero-order valence-electron chi connectivity index (χ0n) is 9.64. The van der Waals surface area contributed by atoms with E-state index >= 15 is 0 Å². The molecular weight excluding hydrogens is 347 g/mol. The minimum absolute atomic E-state index is 0.0756. The number of hydrazine groups is 1. The van der Waals surface area contributed by atoms with Crippen molar-refractivity contribution in [3.63, 3.8) is 0 Å². The maximum Gasteiger partial charge on any atom is 0.426 e. The van der Waals surface area contributed by atoms with Crippen molar-refractivity contribution in [2.75, 3.05) is 4.43 Å². The first-order chi connectivity index (χ1) is 8.70. The second-order valence-electron chi connectivity index (χ2n) is 3.95. The lowest BCUT2D eigenvalue weighted by atomic mass is 10.1. The quantitative estimate of drug-likeness (QED) is 0.507. The number of nitrogens with one attached hydrogen (secondary N) is 1. The number of nitrogens with zero attached hydrogens (tertiary/aromatic N) is 1. The zero-order valence-corrected chi connectivity index (χ0v) is 11.8. The fourth-order valence-electron chi connectivity index (χ4n) is 1.61. The molecule has 6 heteroatoms. The van der Waals surface area contributed by atoms with Gasteiger partial charge in [-0.3, -0.25) is 4.79 Å². The third-order valence-electron chi connectivity index (χ3n) is 2.65. The van der Waals surface area contributed by atoms with Gasteiger partial charge in [-0.25, -0.2) is 15.2 Å². The van der Waals surface area contributed by atoms with Crippen molar-refractivity contribution in [3.8, 4) is 0 Å². The first-order valence-corrected chi connectivity index (χ1v) is 7.08. The van der Waals surface area contributed by atoms with Gasteiger partial charge in [-0.15, -0.1) is 0 Å². The highest BCUT2D eigenvalue weighted by molar-refractivity contribution is 14.1. The zero-order chi connectivity index (χ0) is 13.0. The number of benzene rings is 1. The molecule has 0 spiro atoms. The molecule has 1 aliphatic rings. The normalized spacial score (nSPS) is 18.2. The van der Waals surface area contributed by atoms with Gasteiger partial charge in [-0.1, -0.05) is 52.9 Å². The van der Waals surface area contributed by atoms with Crippen molar-refractivity contribution in [1.29, 1.82) is 0 Å². The van der Waals surface area contributed by atoms with Crippen LogP contribution in [0.5, 0.6) is 0 Å². The largest absolute Gasteiger partial charge is 0.443 e. The van der Waals surface area contributed by atoms with Crippen molar-refractivity contribution in [2.45, 2.75) is 19.1 Å². The van der Waals surface area contributed by atoms with E-state index in [4.69, 9.17) is 4.74 Å². The summed E-state index contributed by atoms with van der Waals surface area (Å²) in [6, 6.07) is 9.48. The Labute approximate surface area is 119 Å². The third-order valence-corrected chi connectivity index (χ3v) is 3.66. The van der Waals surface area contributed by atoms with Crippen molar-refractivity contribution in [3.05, 3.63) is 35.9 Å². The highest BCUT2D eigenvalue weighted by Gasteiger charge is 2.36. The lowest BCUT2D eigenvalue weighted by Crippen LogP contribution is -2.61. The van der Waals surface area contributed by atoms with Crippen LogP contribution in [0.15, 0.2) is 30.3 Å². The number of carbonyl (C=O) groups excluding carboxylic acids is 2. The van der Waals surface area contributed by atoms with Gasteiger partial charge in [0.15, 0.2) is 0 Å². The molecule has 1 fully saturated rings. The standard InChI is InChI=1S/C12H13IN2O3/c13-7-10-6-11(16)15(10)14-12(17)18-8-9-4-2-1-3-5-9/h1-5,10H,6-8H2,(H,14,17). The van der Waals surface area contributed by atoms with E-state index in [0.29, 0.717) is 6.42 Å². The summed E-state index contributed by atoms with van der Waals surface area (Å²) in [5.74, 6) is -0.0756. The number of rotatable bonds is 4. The Morgan fingerprint density at radius 1 is 1.44 bits per heavy atom. The number of ether oxygens (including phenoxy) is 1. The molecule has 1 atom stereocenters. The molecule has 0 aliphatic carbocycles. The molecule has 2 amide bonds. The van der Waals surface area contributed by atoms with Gasteiger partial charge >= 0.3 is 6.09 Å². The number of β-lactam (4-membered cyclic amide) rings is 1. The van der Waals surface area contributed by atoms with Crippen LogP contribution in [0, 0.1) is 0 Å². The van der Waals surface area contributed by atoms with Crippen LogP contribution in [0.1, 0.15) is 12.0 Å². The molecule has 0 aromatic heterocycles. The molecular formula is C12H13IN2O3. The van der Waals surface area contributed by atoms with Crippen molar-refractivity contribution in [2.24, 2.45) is 0 Å². The molecule has 0 saturated carbocycles. The number of hydrogen-bond acceptors (Lipinski definition) is 3. The molecule has 18 heavy (non-hydrogen) atoms. The molecule has 0 radical (unpaired) electrons. The van der Waals surface area contributed by atoms with E-state index < -0.39 is 6.09 Å². The number of hydrogen-bond donors (Lipinski definition) is 1. The lowest BCUT2D eigenvalue weighted by molar-refractivity contribution is -0.149. The maximum absolute atomic E-state index is 11.5. The minimum atomic E-state index is -0.596. The van der Waals surface area contributed by atoms with E-state index in [0.717, 1.165) is 9.99 Å². The van der Waals surface area contributed by atoms with Crippen LogP contribution < -0.4 is 5.43 Å². The van der Waals surface area contributed by atoms with E-state index in [1.807, 2.05) is 30.3 Å². The summed E-state index contributed by atoms with van der Waals surface area (Å²) in [5, 5.41) is 1.33. The molecule has 1 aromatic carbocycles. The smallest absolute Gasteiger partial charge is 0.426 e. The monoisotopic (exact) mass is 360 g/mol. The SMILES string of the molecule is O=C(NN1C(=O)CC1CI)OCc1ccccc1. The fraction of sp³-hybridized carbons (Fsp3) is 0.333. The fourth-order valence-corrected chi connectivity index (χ4v) is 2.32. The van der Waals surface area contributed by atoms with Gasteiger partial charge in [0, 0.05) is 4.43 Å². The van der Waals surface area contributed by atoms with Crippen LogP contribution >= 0.6 is 22.6 Å². The van der Waals surface area contributed by atoms with Crippen LogP contribution in [0.3, 0.4) is 0 Å². The molecule has 1 unspecified atom stereocenters. The highest BCUT2D eigenvalue weighted by atomic mass is 127. The Bertz CT molecular complexity index is 438. The predicted molar refractivity (Wildman–Crippen MR) is 73.9 cm³/mol. The average molecular weight is 360 g/mol. The first-order valence-electron chi connectivity index (χ1n) is 5.56. The molecule has 1 aliphatic heterocycles. The van der Waals surface area contributed by atoms with Crippen LogP contribution in [-0.4, -0.2) is 27.5 Å². The van der Waals surface area contributed by atoms with Gasteiger partial charge in [0.1, 0.15) is 6.61 Å². The second-order valence-corrected chi connectivity index (χ2v) is 4.83. The molecule has 96 valence electrons.